The fourth-order valence-electron chi connectivity index (χ4n) is 4.21. The van der Waals surface area contributed by atoms with Crippen molar-refractivity contribution in [2.24, 2.45) is 23.2 Å². The number of Topliss-reactive ketones (excluding diaryl/α,β-unsaturated/α-hetero) is 1. The Kier molecular flexibility index (Phi) is 3.54. The van der Waals surface area contributed by atoms with Gasteiger partial charge in [-0.3, -0.25) is 4.79 Å². The summed E-state index contributed by atoms with van der Waals surface area (Å²) in [5.41, 5.74) is 0.791. The van der Waals surface area contributed by atoms with Crippen molar-refractivity contribution in [3.05, 3.63) is 12.2 Å². The molecule has 0 aromatic carbocycles. The van der Waals surface area contributed by atoms with Crippen molar-refractivity contribution in [2.45, 2.75) is 58.8 Å². The lowest BCUT2D eigenvalue weighted by Gasteiger charge is -2.45. The first-order valence-electron chi connectivity index (χ1n) is 7.88. The van der Waals surface area contributed by atoms with Gasteiger partial charge >= 0.3 is 0 Å². The molecule has 3 aliphatic rings. The molecule has 0 amide bonds. The van der Waals surface area contributed by atoms with Gasteiger partial charge < -0.3 is 9.47 Å². The third-order valence-electron chi connectivity index (χ3n) is 6.03. The highest BCUT2D eigenvalue weighted by atomic mass is 16.7. The Balaban J connectivity index is 1.78. The molecule has 0 spiro atoms. The van der Waals surface area contributed by atoms with E-state index in [2.05, 4.69) is 20.4 Å². The normalized spacial score (nSPS) is 48.4. The van der Waals surface area contributed by atoms with Gasteiger partial charge in [0.2, 0.25) is 0 Å². The second kappa shape index (κ2) is 4.96. The van der Waals surface area contributed by atoms with Gasteiger partial charge in [0, 0.05) is 12.3 Å². The van der Waals surface area contributed by atoms with Crippen LogP contribution in [0.2, 0.25) is 0 Å². The summed E-state index contributed by atoms with van der Waals surface area (Å²) >= 11 is 0. The highest BCUT2D eigenvalue weighted by molar-refractivity contribution is 5.86. The number of fused-ring (bicyclic) bond motifs is 1. The Morgan fingerprint density at radius 1 is 1.40 bits per heavy atom. The Morgan fingerprint density at radius 3 is 2.75 bits per heavy atom. The molecule has 0 unspecified atom stereocenters. The van der Waals surface area contributed by atoms with Crippen molar-refractivity contribution in [3.63, 3.8) is 0 Å². The van der Waals surface area contributed by atoms with E-state index in [0.29, 0.717) is 30.0 Å². The molecule has 0 bridgehead atoms. The SMILES string of the molecule is C=C(C)[C@H]1CC(=O)[C@@](C)([C@H]2C[C@@H]3CCO[C@@H]3O2)[C@H](C)C1. The van der Waals surface area contributed by atoms with E-state index in [9.17, 15) is 4.79 Å². The minimum atomic E-state index is -0.348. The Bertz CT molecular complexity index is 418. The number of ether oxygens (including phenoxy) is 2. The van der Waals surface area contributed by atoms with E-state index in [1.165, 1.54) is 0 Å². The van der Waals surface area contributed by atoms with E-state index < -0.39 is 0 Å². The number of rotatable bonds is 2. The third kappa shape index (κ3) is 2.06. The summed E-state index contributed by atoms with van der Waals surface area (Å²) in [5.74, 6) is 1.54. The summed E-state index contributed by atoms with van der Waals surface area (Å²) in [6.45, 7) is 11.2. The van der Waals surface area contributed by atoms with Gasteiger partial charge in [-0.1, -0.05) is 19.1 Å². The van der Waals surface area contributed by atoms with Crippen molar-refractivity contribution < 1.29 is 14.3 Å². The molecule has 2 saturated heterocycles. The molecule has 3 heteroatoms. The van der Waals surface area contributed by atoms with Crippen molar-refractivity contribution in [1.82, 2.24) is 0 Å². The second-order valence-electron chi connectivity index (χ2n) is 7.24. The molecule has 3 rings (SSSR count). The molecule has 2 aliphatic heterocycles. The maximum Gasteiger partial charge on any atom is 0.160 e. The molecule has 6 atom stereocenters. The van der Waals surface area contributed by atoms with Crippen LogP contribution >= 0.6 is 0 Å². The second-order valence-corrected chi connectivity index (χ2v) is 7.24. The predicted molar refractivity (Wildman–Crippen MR) is 77.2 cm³/mol. The zero-order valence-corrected chi connectivity index (χ0v) is 12.9. The maximum atomic E-state index is 12.8. The van der Waals surface area contributed by atoms with Crippen LogP contribution in [0.25, 0.3) is 0 Å². The summed E-state index contributed by atoms with van der Waals surface area (Å²) in [5, 5.41) is 0. The number of ketones is 1. The first kappa shape index (κ1) is 14.3. The number of allylic oxidation sites excluding steroid dienone is 1. The molecular formula is C17H26O3. The van der Waals surface area contributed by atoms with Crippen LogP contribution in [-0.2, 0) is 14.3 Å². The molecular weight excluding hydrogens is 252 g/mol. The van der Waals surface area contributed by atoms with Crippen LogP contribution < -0.4 is 0 Å². The van der Waals surface area contributed by atoms with E-state index in [1.807, 2.05) is 6.92 Å². The predicted octanol–water partition coefficient (Wildman–Crippen LogP) is 3.34. The molecule has 1 saturated carbocycles. The molecule has 2 heterocycles. The molecule has 3 fully saturated rings. The monoisotopic (exact) mass is 278 g/mol. The topological polar surface area (TPSA) is 35.5 Å². The van der Waals surface area contributed by atoms with Gasteiger partial charge in [-0.25, -0.2) is 0 Å². The van der Waals surface area contributed by atoms with Crippen molar-refractivity contribution in [1.29, 1.82) is 0 Å². The molecule has 0 aromatic heterocycles. The van der Waals surface area contributed by atoms with Crippen LogP contribution in [-0.4, -0.2) is 24.8 Å². The smallest absolute Gasteiger partial charge is 0.160 e. The lowest BCUT2D eigenvalue weighted by atomic mass is 9.60. The standard InChI is InChI=1S/C17H26O3/c1-10(2)13-7-11(3)17(4,14(18)8-13)15-9-12-5-6-19-16(12)20-15/h11-13,15-16H,1,5-9H2,2-4H3/t11-,12+,13-,15-,16-,17+/m1/s1. The zero-order valence-electron chi connectivity index (χ0n) is 12.9. The fraction of sp³-hybridized carbons (Fsp3) is 0.824. The molecule has 1 aliphatic carbocycles. The molecule has 0 N–H and O–H groups in total. The van der Waals surface area contributed by atoms with Crippen LogP contribution in [0, 0.1) is 23.2 Å². The van der Waals surface area contributed by atoms with Crippen LogP contribution in [0.1, 0.15) is 46.5 Å². The average Bonchev–Trinajstić information content (AvgIpc) is 2.95. The minimum Gasteiger partial charge on any atom is -0.352 e. The quantitative estimate of drug-likeness (QED) is 0.727. The fourth-order valence-corrected chi connectivity index (χ4v) is 4.21. The van der Waals surface area contributed by atoms with Gasteiger partial charge in [0.15, 0.2) is 6.29 Å². The Hall–Kier alpha value is -0.670. The zero-order chi connectivity index (χ0) is 14.5. The van der Waals surface area contributed by atoms with E-state index in [0.717, 1.165) is 31.4 Å². The third-order valence-corrected chi connectivity index (χ3v) is 6.03. The molecule has 3 nitrogen and oxygen atoms in total. The van der Waals surface area contributed by atoms with Gasteiger partial charge in [0.1, 0.15) is 5.78 Å². The van der Waals surface area contributed by atoms with Crippen LogP contribution in [0.4, 0.5) is 0 Å². The molecule has 0 aromatic rings. The van der Waals surface area contributed by atoms with E-state index in [1.54, 1.807) is 0 Å². The Labute approximate surface area is 121 Å². The van der Waals surface area contributed by atoms with Gasteiger partial charge in [0.05, 0.1) is 18.1 Å². The largest absolute Gasteiger partial charge is 0.352 e. The van der Waals surface area contributed by atoms with Gasteiger partial charge in [-0.05, 0) is 44.9 Å². The van der Waals surface area contributed by atoms with Crippen LogP contribution in [0.5, 0.6) is 0 Å². The van der Waals surface area contributed by atoms with E-state index in [4.69, 9.17) is 9.47 Å². The lowest BCUT2D eigenvalue weighted by molar-refractivity contribution is -0.169. The van der Waals surface area contributed by atoms with Gasteiger partial charge in [0.25, 0.3) is 0 Å². The van der Waals surface area contributed by atoms with Crippen molar-refractivity contribution in [3.8, 4) is 0 Å². The highest BCUT2D eigenvalue weighted by Crippen LogP contribution is 2.51. The maximum absolute atomic E-state index is 12.8. The lowest BCUT2D eigenvalue weighted by Crippen LogP contribution is -2.49. The summed E-state index contributed by atoms with van der Waals surface area (Å²) in [6, 6.07) is 0. The van der Waals surface area contributed by atoms with E-state index in [-0.39, 0.29) is 17.8 Å². The number of carbonyl (C=O) groups excluding carboxylic acids is 1. The van der Waals surface area contributed by atoms with Crippen LogP contribution in [0.3, 0.4) is 0 Å². The van der Waals surface area contributed by atoms with Crippen LogP contribution in [0.15, 0.2) is 12.2 Å². The first-order chi connectivity index (χ1) is 9.42. The highest BCUT2D eigenvalue weighted by Gasteiger charge is 2.55. The molecule has 0 radical (unpaired) electrons. The van der Waals surface area contributed by atoms with Crippen molar-refractivity contribution >= 4 is 5.78 Å². The molecule has 20 heavy (non-hydrogen) atoms. The summed E-state index contributed by atoms with van der Waals surface area (Å²) in [7, 11) is 0. The average molecular weight is 278 g/mol. The molecule has 112 valence electrons. The van der Waals surface area contributed by atoms with Gasteiger partial charge in [-0.2, -0.15) is 0 Å². The first-order valence-corrected chi connectivity index (χ1v) is 7.88. The Morgan fingerprint density at radius 2 is 2.15 bits per heavy atom. The number of hydrogen-bond acceptors (Lipinski definition) is 3. The summed E-state index contributed by atoms with van der Waals surface area (Å²) < 4.78 is 11.7. The summed E-state index contributed by atoms with van der Waals surface area (Å²) in [4.78, 5) is 12.8. The number of hydrogen-bond donors (Lipinski definition) is 0. The van der Waals surface area contributed by atoms with Gasteiger partial charge in [-0.15, -0.1) is 0 Å². The number of carbonyl (C=O) groups is 1. The van der Waals surface area contributed by atoms with Crippen molar-refractivity contribution in [2.75, 3.05) is 6.61 Å². The minimum absolute atomic E-state index is 0.0337. The van der Waals surface area contributed by atoms with E-state index >= 15 is 0 Å². The summed E-state index contributed by atoms with van der Waals surface area (Å²) in [6.07, 6.45) is 3.71.